The highest BCUT2D eigenvalue weighted by Crippen LogP contribution is 2.15. The molecular weight excluding hydrogens is 257 g/mol. The number of rotatable bonds is 3. The average molecular weight is 272 g/mol. The van der Waals surface area contributed by atoms with E-state index in [2.05, 4.69) is 5.32 Å². The largest absolute Gasteiger partial charge is 0.381 e. The van der Waals surface area contributed by atoms with Crippen molar-refractivity contribution < 1.29 is 13.9 Å². The van der Waals surface area contributed by atoms with Gasteiger partial charge in [0.1, 0.15) is 5.82 Å². The number of carbonyl (C=O) groups is 1. The van der Waals surface area contributed by atoms with Crippen LogP contribution in [0.2, 0.25) is 5.02 Å². The van der Waals surface area contributed by atoms with Crippen LogP contribution in [0.5, 0.6) is 0 Å². The van der Waals surface area contributed by atoms with Crippen molar-refractivity contribution in [3.63, 3.8) is 0 Å². The van der Waals surface area contributed by atoms with Gasteiger partial charge in [-0.15, -0.1) is 0 Å². The topological polar surface area (TPSA) is 38.3 Å². The van der Waals surface area contributed by atoms with Crippen LogP contribution >= 0.6 is 11.6 Å². The maximum atomic E-state index is 13.5. The van der Waals surface area contributed by atoms with Gasteiger partial charge in [-0.3, -0.25) is 4.79 Å². The molecule has 1 aliphatic heterocycles. The SMILES string of the molecule is O=C(NCC1CCCOC1)c1ccc(Cl)cc1F. The molecule has 1 aliphatic rings. The van der Waals surface area contributed by atoms with Crippen LogP contribution in [0.3, 0.4) is 0 Å². The average Bonchev–Trinajstić information content (AvgIpc) is 2.37. The maximum Gasteiger partial charge on any atom is 0.254 e. The molecule has 1 unspecified atom stereocenters. The van der Waals surface area contributed by atoms with Crippen molar-refractivity contribution in [1.82, 2.24) is 5.32 Å². The van der Waals surface area contributed by atoms with Crippen molar-refractivity contribution >= 4 is 17.5 Å². The molecule has 0 aromatic heterocycles. The predicted molar refractivity (Wildman–Crippen MR) is 67.3 cm³/mol. The lowest BCUT2D eigenvalue weighted by molar-refractivity contribution is 0.0536. The van der Waals surface area contributed by atoms with E-state index in [0.29, 0.717) is 19.1 Å². The number of carbonyl (C=O) groups excluding carboxylic acids is 1. The zero-order chi connectivity index (χ0) is 13.0. The van der Waals surface area contributed by atoms with E-state index >= 15 is 0 Å². The second kappa shape index (κ2) is 6.16. The summed E-state index contributed by atoms with van der Waals surface area (Å²) < 4.78 is 18.8. The van der Waals surface area contributed by atoms with Crippen LogP contribution in [-0.4, -0.2) is 25.7 Å². The fourth-order valence-corrected chi connectivity index (χ4v) is 2.13. The van der Waals surface area contributed by atoms with E-state index in [1.54, 1.807) is 0 Å². The molecule has 1 N–H and O–H groups in total. The lowest BCUT2D eigenvalue weighted by Crippen LogP contribution is -2.33. The molecule has 1 amide bonds. The molecule has 0 spiro atoms. The van der Waals surface area contributed by atoms with Gasteiger partial charge >= 0.3 is 0 Å². The number of amides is 1. The van der Waals surface area contributed by atoms with Gasteiger partial charge in [-0.05, 0) is 37.0 Å². The summed E-state index contributed by atoms with van der Waals surface area (Å²) in [5.74, 6) is -0.687. The summed E-state index contributed by atoms with van der Waals surface area (Å²) in [4.78, 5) is 11.8. The van der Waals surface area contributed by atoms with Crippen molar-refractivity contribution in [2.45, 2.75) is 12.8 Å². The van der Waals surface area contributed by atoms with Crippen LogP contribution in [0.25, 0.3) is 0 Å². The Morgan fingerprint density at radius 3 is 3.06 bits per heavy atom. The molecule has 0 radical (unpaired) electrons. The molecule has 18 heavy (non-hydrogen) atoms. The molecular formula is C13H15ClFNO2. The van der Waals surface area contributed by atoms with Crippen LogP contribution in [0.4, 0.5) is 4.39 Å². The first kappa shape index (κ1) is 13.3. The van der Waals surface area contributed by atoms with Gasteiger partial charge in [0.25, 0.3) is 5.91 Å². The quantitative estimate of drug-likeness (QED) is 0.918. The third kappa shape index (κ3) is 3.43. The Labute approximate surface area is 110 Å². The number of hydrogen-bond donors (Lipinski definition) is 1. The summed E-state index contributed by atoms with van der Waals surface area (Å²) in [7, 11) is 0. The Morgan fingerprint density at radius 1 is 1.56 bits per heavy atom. The molecule has 0 aliphatic carbocycles. The molecule has 1 aromatic rings. The van der Waals surface area contributed by atoms with Gasteiger partial charge in [0.05, 0.1) is 12.2 Å². The van der Waals surface area contributed by atoms with E-state index in [1.165, 1.54) is 12.1 Å². The van der Waals surface area contributed by atoms with Crippen molar-refractivity contribution in [2.75, 3.05) is 19.8 Å². The molecule has 2 rings (SSSR count). The molecule has 1 fully saturated rings. The molecule has 98 valence electrons. The second-order valence-electron chi connectivity index (χ2n) is 4.42. The third-order valence-electron chi connectivity index (χ3n) is 2.98. The predicted octanol–water partition coefficient (Wildman–Crippen LogP) is 2.64. The highest BCUT2D eigenvalue weighted by Gasteiger charge is 2.17. The summed E-state index contributed by atoms with van der Waals surface area (Å²) in [6, 6.07) is 4.04. The van der Waals surface area contributed by atoms with Gasteiger partial charge in [0, 0.05) is 18.2 Å². The first-order chi connectivity index (χ1) is 8.66. The third-order valence-corrected chi connectivity index (χ3v) is 3.22. The Morgan fingerprint density at radius 2 is 2.39 bits per heavy atom. The van der Waals surface area contributed by atoms with Crippen molar-refractivity contribution in [1.29, 1.82) is 0 Å². The summed E-state index contributed by atoms with van der Waals surface area (Å²) >= 11 is 5.63. The molecule has 1 saturated heterocycles. The van der Waals surface area contributed by atoms with Crippen LogP contribution in [0.15, 0.2) is 18.2 Å². The fraction of sp³-hybridized carbons (Fsp3) is 0.462. The lowest BCUT2D eigenvalue weighted by atomic mass is 10.0. The standard InChI is InChI=1S/C13H15ClFNO2/c14-10-3-4-11(12(15)6-10)13(17)16-7-9-2-1-5-18-8-9/h3-4,6,9H,1-2,5,7-8H2,(H,16,17). The van der Waals surface area contributed by atoms with E-state index in [1.807, 2.05) is 0 Å². The number of halogens is 2. The number of nitrogens with one attached hydrogen (secondary N) is 1. The van der Waals surface area contributed by atoms with Gasteiger partial charge in [-0.1, -0.05) is 11.6 Å². The maximum absolute atomic E-state index is 13.5. The number of ether oxygens (including phenoxy) is 1. The van der Waals surface area contributed by atoms with E-state index < -0.39 is 11.7 Å². The number of benzene rings is 1. The highest BCUT2D eigenvalue weighted by atomic mass is 35.5. The molecule has 3 nitrogen and oxygen atoms in total. The first-order valence-corrected chi connectivity index (χ1v) is 6.35. The van der Waals surface area contributed by atoms with E-state index in [4.69, 9.17) is 16.3 Å². The normalized spacial score (nSPS) is 19.6. The van der Waals surface area contributed by atoms with Crippen molar-refractivity contribution in [3.8, 4) is 0 Å². The zero-order valence-electron chi connectivity index (χ0n) is 9.92. The van der Waals surface area contributed by atoms with Gasteiger partial charge < -0.3 is 10.1 Å². The minimum atomic E-state index is -0.597. The summed E-state index contributed by atoms with van der Waals surface area (Å²) in [6.07, 6.45) is 2.04. The van der Waals surface area contributed by atoms with Gasteiger partial charge in [0.15, 0.2) is 0 Å². The molecule has 5 heteroatoms. The summed E-state index contributed by atoms with van der Waals surface area (Å²) in [5.41, 5.74) is 0.0242. The molecule has 0 saturated carbocycles. The number of hydrogen-bond acceptors (Lipinski definition) is 2. The summed E-state index contributed by atoms with van der Waals surface area (Å²) in [5, 5.41) is 3.01. The minimum Gasteiger partial charge on any atom is -0.381 e. The van der Waals surface area contributed by atoms with Gasteiger partial charge in [0.2, 0.25) is 0 Å². The molecule has 1 heterocycles. The van der Waals surface area contributed by atoms with E-state index in [0.717, 1.165) is 25.5 Å². The molecule has 0 bridgehead atoms. The monoisotopic (exact) mass is 271 g/mol. The van der Waals surface area contributed by atoms with Crippen molar-refractivity contribution in [3.05, 3.63) is 34.6 Å². The highest BCUT2D eigenvalue weighted by molar-refractivity contribution is 6.30. The van der Waals surface area contributed by atoms with Crippen LogP contribution in [0.1, 0.15) is 23.2 Å². The Hall–Kier alpha value is -1.13. The fourth-order valence-electron chi connectivity index (χ4n) is 1.97. The smallest absolute Gasteiger partial charge is 0.254 e. The van der Waals surface area contributed by atoms with Gasteiger partial charge in [-0.2, -0.15) is 0 Å². The van der Waals surface area contributed by atoms with Crippen LogP contribution < -0.4 is 5.32 Å². The first-order valence-electron chi connectivity index (χ1n) is 5.98. The summed E-state index contributed by atoms with van der Waals surface area (Å²) in [6.45, 7) is 1.96. The zero-order valence-corrected chi connectivity index (χ0v) is 10.7. The molecule has 1 aromatic carbocycles. The van der Waals surface area contributed by atoms with Crippen molar-refractivity contribution in [2.24, 2.45) is 5.92 Å². The Balaban J connectivity index is 1.90. The van der Waals surface area contributed by atoms with E-state index in [9.17, 15) is 9.18 Å². The second-order valence-corrected chi connectivity index (χ2v) is 4.85. The van der Waals surface area contributed by atoms with E-state index in [-0.39, 0.29) is 10.6 Å². The Bertz CT molecular complexity index is 433. The Kier molecular flexibility index (Phi) is 4.55. The molecule has 1 atom stereocenters. The van der Waals surface area contributed by atoms with Crippen LogP contribution in [0, 0.1) is 11.7 Å². The minimum absolute atomic E-state index is 0.0242. The van der Waals surface area contributed by atoms with Gasteiger partial charge in [-0.25, -0.2) is 4.39 Å². The van der Waals surface area contributed by atoms with Crippen LogP contribution in [-0.2, 0) is 4.74 Å². The lowest BCUT2D eigenvalue weighted by Gasteiger charge is -2.22.